The molecule has 2 aromatic heterocycles. The van der Waals surface area contributed by atoms with E-state index in [-0.39, 0.29) is 6.10 Å². The number of aromatic nitrogens is 3. The molecule has 1 fully saturated rings. The molecule has 5 nitrogen and oxygen atoms in total. The number of pyridine rings is 1. The van der Waals surface area contributed by atoms with Gasteiger partial charge in [-0.1, -0.05) is 30.3 Å². The Balaban J connectivity index is 1.53. The van der Waals surface area contributed by atoms with E-state index in [1.807, 2.05) is 19.9 Å². The van der Waals surface area contributed by atoms with E-state index in [4.69, 9.17) is 9.72 Å². The van der Waals surface area contributed by atoms with E-state index in [0.29, 0.717) is 6.61 Å². The van der Waals surface area contributed by atoms with Crippen molar-refractivity contribution in [2.75, 3.05) is 24.6 Å². The summed E-state index contributed by atoms with van der Waals surface area (Å²) < 4.78 is 6.06. The van der Waals surface area contributed by atoms with Crippen LogP contribution in [0.1, 0.15) is 40.1 Å². The van der Waals surface area contributed by atoms with E-state index in [1.54, 1.807) is 0 Å². The van der Waals surface area contributed by atoms with Crippen molar-refractivity contribution in [3.05, 3.63) is 82.6 Å². The standard InChI is InChI=1S/C23H26N4O/c1-16-7-4-5-8-19(16)14-20-9-6-10-21(26-20)22-15-27(11-12-28-22)23-13-17(2)24-18(3)25-23/h4-10,13,22H,11-12,14-15H2,1-3H3/t22-/m1/s1. The van der Waals surface area contributed by atoms with Crippen LogP contribution in [0.2, 0.25) is 0 Å². The van der Waals surface area contributed by atoms with E-state index < -0.39 is 0 Å². The summed E-state index contributed by atoms with van der Waals surface area (Å²) in [5.74, 6) is 1.77. The maximum Gasteiger partial charge on any atom is 0.132 e. The number of benzene rings is 1. The Morgan fingerprint density at radius 1 is 1.00 bits per heavy atom. The van der Waals surface area contributed by atoms with Crippen molar-refractivity contribution in [2.24, 2.45) is 0 Å². The van der Waals surface area contributed by atoms with E-state index >= 15 is 0 Å². The van der Waals surface area contributed by atoms with Gasteiger partial charge in [-0.05, 0) is 44.0 Å². The summed E-state index contributed by atoms with van der Waals surface area (Å²) in [6, 6.07) is 16.7. The summed E-state index contributed by atoms with van der Waals surface area (Å²) in [4.78, 5) is 16.2. The molecule has 4 rings (SSSR count). The Kier molecular flexibility index (Phi) is 5.35. The summed E-state index contributed by atoms with van der Waals surface area (Å²) in [6.45, 7) is 8.33. The van der Waals surface area contributed by atoms with Crippen LogP contribution in [0.3, 0.4) is 0 Å². The predicted molar refractivity (Wildman–Crippen MR) is 111 cm³/mol. The quantitative estimate of drug-likeness (QED) is 0.692. The molecule has 0 unspecified atom stereocenters. The molecule has 1 atom stereocenters. The zero-order valence-electron chi connectivity index (χ0n) is 16.7. The highest BCUT2D eigenvalue weighted by molar-refractivity contribution is 5.41. The number of ether oxygens (including phenoxy) is 1. The molecule has 28 heavy (non-hydrogen) atoms. The lowest BCUT2D eigenvalue weighted by atomic mass is 10.0. The van der Waals surface area contributed by atoms with Crippen molar-refractivity contribution < 1.29 is 4.74 Å². The van der Waals surface area contributed by atoms with Crippen LogP contribution in [0.15, 0.2) is 48.5 Å². The molecule has 1 saturated heterocycles. The zero-order chi connectivity index (χ0) is 19.5. The fraction of sp³-hybridized carbons (Fsp3) is 0.348. The van der Waals surface area contributed by atoms with Gasteiger partial charge in [0.25, 0.3) is 0 Å². The van der Waals surface area contributed by atoms with Crippen molar-refractivity contribution in [2.45, 2.75) is 33.3 Å². The molecule has 0 radical (unpaired) electrons. The molecular formula is C23H26N4O. The minimum atomic E-state index is -0.0545. The van der Waals surface area contributed by atoms with Crippen LogP contribution >= 0.6 is 0 Å². The second kappa shape index (κ2) is 8.07. The van der Waals surface area contributed by atoms with Crippen LogP contribution < -0.4 is 4.90 Å². The number of aryl methyl sites for hydroxylation is 3. The number of nitrogens with zero attached hydrogens (tertiary/aromatic N) is 4. The molecule has 1 aromatic carbocycles. The molecule has 144 valence electrons. The van der Waals surface area contributed by atoms with Crippen LogP contribution in [0.25, 0.3) is 0 Å². The van der Waals surface area contributed by atoms with Gasteiger partial charge >= 0.3 is 0 Å². The second-order valence-corrected chi connectivity index (χ2v) is 7.38. The lowest BCUT2D eigenvalue weighted by Crippen LogP contribution is -2.39. The molecule has 0 aliphatic carbocycles. The monoisotopic (exact) mass is 374 g/mol. The Labute approximate surface area is 166 Å². The first-order valence-corrected chi connectivity index (χ1v) is 9.77. The van der Waals surface area contributed by atoms with Gasteiger partial charge in [-0.3, -0.25) is 4.98 Å². The summed E-state index contributed by atoms with van der Waals surface area (Å²) in [5.41, 5.74) is 5.65. The molecule has 5 heteroatoms. The van der Waals surface area contributed by atoms with E-state index in [9.17, 15) is 0 Å². The number of hydrogen-bond donors (Lipinski definition) is 0. The minimum absolute atomic E-state index is 0.0545. The molecule has 3 heterocycles. The molecule has 0 N–H and O–H groups in total. The summed E-state index contributed by atoms with van der Waals surface area (Å²) in [7, 11) is 0. The molecule has 0 saturated carbocycles. The molecule has 3 aromatic rings. The predicted octanol–water partition coefficient (Wildman–Crippen LogP) is 3.97. The molecule has 1 aliphatic rings. The number of morpholine rings is 1. The topological polar surface area (TPSA) is 51.1 Å². The SMILES string of the molecule is Cc1cc(N2CCO[C@@H](c3cccc(Cc4ccccc4C)n3)C2)nc(C)n1. The summed E-state index contributed by atoms with van der Waals surface area (Å²) in [5, 5.41) is 0. The third-order valence-corrected chi connectivity index (χ3v) is 5.13. The van der Waals surface area contributed by atoms with Gasteiger partial charge in [-0.15, -0.1) is 0 Å². The average molecular weight is 374 g/mol. The van der Waals surface area contributed by atoms with Gasteiger partial charge in [0.15, 0.2) is 0 Å². The van der Waals surface area contributed by atoms with Crippen LogP contribution in [0.4, 0.5) is 5.82 Å². The highest BCUT2D eigenvalue weighted by Gasteiger charge is 2.24. The Morgan fingerprint density at radius 2 is 1.86 bits per heavy atom. The lowest BCUT2D eigenvalue weighted by molar-refractivity contribution is 0.0366. The van der Waals surface area contributed by atoms with Crippen molar-refractivity contribution >= 4 is 5.82 Å². The van der Waals surface area contributed by atoms with Crippen molar-refractivity contribution in [1.29, 1.82) is 0 Å². The number of anilines is 1. The van der Waals surface area contributed by atoms with Gasteiger partial charge in [-0.25, -0.2) is 9.97 Å². The number of rotatable bonds is 4. The van der Waals surface area contributed by atoms with Gasteiger partial charge < -0.3 is 9.64 Å². The van der Waals surface area contributed by atoms with Crippen LogP contribution in [-0.4, -0.2) is 34.6 Å². The first-order valence-electron chi connectivity index (χ1n) is 9.77. The van der Waals surface area contributed by atoms with Gasteiger partial charge in [0, 0.05) is 30.4 Å². The zero-order valence-corrected chi connectivity index (χ0v) is 16.7. The van der Waals surface area contributed by atoms with Crippen LogP contribution in [0.5, 0.6) is 0 Å². The normalized spacial score (nSPS) is 17.0. The summed E-state index contributed by atoms with van der Waals surface area (Å²) >= 11 is 0. The molecule has 0 bridgehead atoms. The van der Waals surface area contributed by atoms with Gasteiger partial charge in [-0.2, -0.15) is 0 Å². The Bertz CT molecular complexity index is 952. The minimum Gasteiger partial charge on any atom is -0.368 e. The van der Waals surface area contributed by atoms with Crippen LogP contribution in [0, 0.1) is 20.8 Å². The van der Waals surface area contributed by atoms with Gasteiger partial charge in [0.1, 0.15) is 17.7 Å². The smallest absolute Gasteiger partial charge is 0.132 e. The van der Waals surface area contributed by atoms with Crippen LogP contribution in [-0.2, 0) is 11.2 Å². The van der Waals surface area contributed by atoms with Crippen molar-refractivity contribution in [1.82, 2.24) is 15.0 Å². The highest BCUT2D eigenvalue weighted by Crippen LogP contribution is 2.25. The maximum atomic E-state index is 6.06. The highest BCUT2D eigenvalue weighted by atomic mass is 16.5. The first kappa shape index (κ1) is 18.6. The molecule has 1 aliphatic heterocycles. The van der Waals surface area contributed by atoms with E-state index in [0.717, 1.165) is 48.2 Å². The molecule has 0 amide bonds. The van der Waals surface area contributed by atoms with Gasteiger partial charge in [0.2, 0.25) is 0 Å². The fourth-order valence-electron chi connectivity index (χ4n) is 3.68. The average Bonchev–Trinajstić information content (AvgIpc) is 2.69. The number of hydrogen-bond acceptors (Lipinski definition) is 5. The lowest BCUT2D eigenvalue weighted by Gasteiger charge is -2.33. The van der Waals surface area contributed by atoms with E-state index in [1.165, 1.54) is 11.1 Å². The largest absolute Gasteiger partial charge is 0.368 e. The van der Waals surface area contributed by atoms with Crippen molar-refractivity contribution in [3.63, 3.8) is 0 Å². The fourth-order valence-corrected chi connectivity index (χ4v) is 3.68. The summed E-state index contributed by atoms with van der Waals surface area (Å²) in [6.07, 6.45) is 0.780. The molecular weight excluding hydrogens is 348 g/mol. The second-order valence-electron chi connectivity index (χ2n) is 7.38. The first-order chi connectivity index (χ1) is 13.6. The van der Waals surface area contributed by atoms with E-state index in [2.05, 4.69) is 64.3 Å². The third-order valence-electron chi connectivity index (χ3n) is 5.13. The molecule has 0 spiro atoms. The van der Waals surface area contributed by atoms with Gasteiger partial charge in [0.05, 0.1) is 18.8 Å². The maximum absolute atomic E-state index is 6.06. The van der Waals surface area contributed by atoms with Crippen molar-refractivity contribution in [3.8, 4) is 0 Å². The third kappa shape index (κ3) is 4.20. The Hall–Kier alpha value is -2.79. The Morgan fingerprint density at radius 3 is 2.68 bits per heavy atom.